The quantitative estimate of drug-likeness (QED) is 0.647. The van der Waals surface area contributed by atoms with Gasteiger partial charge in [-0.3, -0.25) is 4.79 Å². The molecule has 3 N–H and O–H groups in total. The molecule has 5 heteroatoms. The van der Waals surface area contributed by atoms with E-state index in [0.717, 1.165) is 21.8 Å². The lowest BCUT2D eigenvalue weighted by molar-refractivity contribution is 0.0954. The molecule has 0 saturated heterocycles. The van der Waals surface area contributed by atoms with Gasteiger partial charge in [-0.15, -0.1) is 0 Å². The van der Waals surface area contributed by atoms with Crippen molar-refractivity contribution < 1.29 is 4.79 Å². The molecule has 0 aliphatic carbocycles. The molecule has 0 fully saturated rings. The van der Waals surface area contributed by atoms with Crippen LogP contribution in [0, 0.1) is 0 Å². The van der Waals surface area contributed by atoms with Crippen molar-refractivity contribution in [1.29, 1.82) is 0 Å². The molecule has 1 amide bonds. The van der Waals surface area contributed by atoms with Gasteiger partial charge in [0, 0.05) is 15.5 Å². The number of unbranched alkanes of at least 4 members (excludes halogenated alkanes) is 1. The van der Waals surface area contributed by atoms with Crippen molar-refractivity contribution in [3.05, 3.63) is 26.6 Å². The van der Waals surface area contributed by atoms with Gasteiger partial charge >= 0.3 is 0 Å². The van der Waals surface area contributed by atoms with E-state index in [9.17, 15) is 4.79 Å². The van der Waals surface area contributed by atoms with Gasteiger partial charge < -0.3 is 11.1 Å². The van der Waals surface area contributed by atoms with E-state index >= 15 is 0 Å². The highest BCUT2D eigenvalue weighted by molar-refractivity contribution is 9.11. The van der Waals surface area contributed by atoms with Crippen LogP contribution in [0.25, 0.3) is 0 Å². The van der Waals surface area contributed by atoms with Crippen LogP contribution in [0.15, 0.2) is 21.1 Å². The molecule has 1 rings (SSSR count). The largest absolute Gasteiger partial charge is 0.397 e. The zero-order valence-electron chi connectivity index (χ0n) is 9.02. The monoisotopic (exact) mass is 348 g/mol. The third kappa shape index (κ3) is 3.49. The third-order valence-corrected chi connectivity index (χ3v) is 3.27. The molecule has 0 spiro atoms. The number of anilines is 1. The first-order chi connectivity index (χ1) is 7.56. The number of benzene rings is 1. The summed E-state index contributed by atoms with van der Waals surface area (Å²) in [5.74, 6) is -0.132. The molecule has 0 aliphatic heterocycles. The first kappa shape index (κ1) is 13.5. The van der Waals surface area contributed by atoms with E-state index in [1.165, 1.54) is 0 Å². The molecule has 0 aliphatic rings. The van der Waals surface area contributed by atoms with Gasteiger partial charge in [0.2, 0.25) is 0 Å². The van der Waals surface area contributed by atoms with Crippen LogP contribution in [0.2, 0.25) is 0 Å². The van der Waals surface area contributed by atoms with Gasteiger partial charge in [-0.05, 0) is 34.5 Å². The Balaban J connectivity index is 2.82. The Hall–Kier alpha value is -0.550. The van der Waals surface area contributed by atoms with Gasteiger partial charge in [0.05, 0.1) is 11.3 Å². The number of hydrogen-bond donors (Lipinski definition) is 2. The van der Waals surface area contributed by atoms with Crippen LogP contribution in [0.1, 0.15) is 30.1 Å². The first-order valence-electron chi connectivity index (χ1n) is 5.09. The summed E-state index contributed by atoms with van der Waals surface area (Å²) < 4.78 is 1.55. The van der Waals surface area contributed by atoms with Crippen LogP contribution >= 0.6 is 31.9 Å². The number of hydrogen-bond acceptors (Lipinski definition) is 2. The molecule has 0 atom stereocenters. The molecule has 3 nitrogen and oxygen atoms in total. The van der Waals surface area contributed by atoms with E-state index in [1.807, 2.05) is 6.07 Å². The second-order valence-electron chi connectivity index (χ2n) is 3.46. The average Bonchev–Trinajstić information content (AvgIpc) is 2.23. The number of carbonyl (C=O) groups is 1. The number of amides is 1. The number of halogens is 2. The lowest BCUT2D eigenvalue weighted by Crippen LogP contribution is -2.25. The minimum Gasteiger partial charge on any atom is -0.397 e. The molecule has 0 heterocycles. The molecule has 0 bridgehead atoms. The van der Waals surface area contributed by atoms with E-state index in [-0.39, 0.29) is 5.91 Å². The maximum absolute atomic E-state index is 11.8. The highest BCUT2D eigenvalue weighted by Crippen LogP contribution is 2.28. The van der Waals surface area contributed by atoms with Gasteiger partial charge in [-0.1, -0.05) is 29.3 Å². The molecule has 0 aromatic heterocycles. The van der Waals surface area contributed by atoms with Crippen LogP contribution in [0.4, 0.5) is 5.69 Å². The minimum absolute atomic E-state index is 0.132. The molecule has 88 valence electrons. The Morgan fingerprint density at radius 2 is 2.12 bits per heavy atom. The molecule has 1 aromatic carbocycles. The van der Waals surface area contributed by atoms with Crippen LogP contribution < -0.4 is 11.1 Å². The highest BCUT2D eigenvalue weighted by Gasteiger charge is 2.12. The minimum atomic E-state index is -0.132. The zero-order valence-corrected chi connectivity index (χ0v) is 12.2. The lowest BCUT2D eigenvalue weighted by atomic mass is 10.1. The summed E-state index contributed by atoms with van der Waals surface area (Å²) in [6, 6.07) is 3.54. The summed E-state index contributed by atoms with van der Waals surface area (Å²) in [6.07, 6.45) is 2.03. The Morgan fingerprint density at radius 1 is 1.44 bits per heavy atom. The van der Waals surface area contributed by atoms with Gasteiger partial charge in [-0.2, -0.15) is 0 Å². The van der Waals surface area contributed by atoms with Crippen LogP contribution in [0.3, 0.4) is 0 Å². The first-order valence-corrected chi connectivity index (χ1v) is 6.67. The Bertz CT molecular complexity index is 394. The Morgan fingerprint density at radius 3 is 2.75 bits per heavy atom. The van der Waals surface area contributed by atoms with E-state index in [4.69, 9.17) is 5.73 Å². The normalized spacial score (nSPS) is 10.2. The predicted molar refractivity (Wildman–Crippen MR) is 73.5 cm³/mol. The van der Waals surface area contributed by atoms with Crippen molar-refractivity contribution in [1.82, 2.24) is 5.32 Å². The predicted octanol–water partition coefficient (Wildman–Crippen LogP) is 3.32. The maximum Gasteiger partial charge on any atom is 0.253 e. The summed E-state index contributed by atoms with van der Waals surface area (Å²) in [6.45, 7) is 2.76. The molecular formula is C11H14Br2N2O. The SMILES string of the molecule is CCCCNC(=O)c1cc(Br)cc(Br)c1N. The lowest BCUT2D eigenvalue weighted by Gasteiger charge is -2.09. The standard InChI is InChI=1S/C11H14Br2N2O/c1-2-3-4-15-11(16)8-5-7(12)6-9(13)10(8)14/h5-6H,2-4,14H2,1H3,(H,15,16). The van der Waals surface area contributed by atoms with Crippen LogP contribution in [-0.4, -0.2) is 12.5 Å². The van der Waals surface area contributed by atoms with Gasteiger partial charge in [0.25, 0.3) is 5.91 Å². The van der Waals surface area contributed by atoms with Gasteiger partial charge in [0.15, 0.2) is 0 Å². The maximum atomic E-state index is 11.8. The topological polar surface area (TPSA) is 55.1 Å². The van der Waals surface area contributed by atoms with Crippen molar-refractivity contribution in [3.8, 4) is 0 Å². The fourth-order valence-electron chi connectivity index (χ4n) is 1.25. The van der Waals surface area contributed by atoms with E-state index in [2.05, 4.69) is 44.1 Å². The van der Waals surface area contributed by atoms with E-state index in [1.54, 1.807) is 6.07 Å². The number of nitrogen functional groups attached to an aromatic ring is 1. The van der Waals surface area contributed by atoms with Crippen molar-refractivity contribution in [2.24, 2.45) is 0 Å². The van der Waals surface area contributed by atoms with Crippen molar-refractivity contribution in [2.45, 2.75) is 19.8 Å². The van der Waals surface area contributed by atoms with Crippen molar-refractivity contribution in [3.63, 3.8) is 0 Å². The third-order valence-electron chi connectivity index (χ3n) is 2.15. The van der Waals surface area contributed by atoms with Crippen LogP contribution in [0.5, 0.6) is 0 Å². The van der Waals surface area contributed by atoms with Gasteiger partial charge in [-0.25, -0.2) is 0 Å². The molecule has 0 saturated carbocycles. The fraction of sp³-hybridized carbons (Fsp3) is 0.364. The molecule has 0 radical (unpaired) electrons. The number of carbonyl (C=O) groups excluding carboxylic acids is 1. The number of rotatable bonds is 4. The van der Waals surface area contributed by atoms with Crippen LogP contribution in [-0.2, 0) is 0 Å². The average molecular weight is 350 g/mol. The van der Waals surface area contributed by atoms with Crippen molar-refractivity contribution in [2.75, 3.05) is 12.3 Å². The van der Waals surface area contributed by atoms with Crippen molar-refractivity contribution >= 4 is 43.5 Å². The summed E-state index contributed by atoms with van der Waals surface area (Å²) in [5, 5.41) is 2.83. The Kier molecular flexibility index (Phi) is 5.28. The summed E-state index contributed by atoms with van der Waals surface area (Å²) in [5.41, 5.74) is 6.80. The number of nitrogens with two attached hydrogens (primary N) is 1. The second kappa shape index (κ2) is 6.25. The smallest absolute Gasteiger partial charge is 0.253 e. The highest BCUT2D eigenvalue weighted by atomic mass is 79.9. The molecule has 0 unspecified atom stereocenters. The van der Waals surface area contributed by atoms with E-state index in [0.29, 0.717) is 17.8 Å². The summed E-state index contributed by atoms with van der Waals surface area (Å²) >= 11 is 6.64. The molecule has 1 aromatic rings. The summed E-state index contributed by atoms with van der Waals surface area (Å²) in [4.78, 5) is 11.8. The Labute approximate surface area is 112 Å². The molecular weight excluding hydrogens is 336 g/mol. The molecule has 16 heavy (non-hydrogen) atoms. The second-order valence-corrected chi connectivity index (χ2v) is 5.23. The van der Waals surface area contributed by atoms with E-state index < -0.39 is 0 Å². The zero-order chi connectivity index (χ0) is 12.1. The fourth-order valence-corrected chi connectivity index (χ4v) is 2.47. The number of nitrogens with one attached hydrogen (secondary N) is 1. The summed E-state index contributed by atoms with van der Waals surface area (Å²) in [7, 11) is 0. The van der Waals surface area contributed by atoms with Gasteiger partial charge in [0.1, 0.15) is 0 Å².